The zero-order valence-electron chi connectivity index (χ0n) is 13.3. The number of benzene rings is 1. The van der Waals surface area contributed by atoms with Crippen molar-refractivity contribution in [2.75, 3.05) is 0 Å². The van der Waals surface area contributed by atoms with E-state index in [9.17, 15) is 19.7 Å². The topological polar surface area (TPSA) is 93.1 Å². The first-order chi connectivity index (χ1) is 11.1. The van der Waals surface area contributed by atoms with E-state index in [0.717, 1.165) is 11.3 Å². The maximum Gasteiger partial charge on any atom is 0.288 e. The summed E-state index contributed by atoms with van der Waals surface area (Å²) < 4.78 is 0.786. The zero-order chi connectivity index (χ0) is 18.1. The molecule has 2 aromatic rings. The molecule has 2 rings (SSSR count). The van der Waals surface area contributed by atoms with Crippen molar-refractivity contribution in [1.29, 1.82) is 0 Å². The monoisotopic (exact) mass is 366 g/mol. The Kier molecular flexibility index (Phi) is 5.05. The molecule has 0 fully saturated rings. The number of aromatic amines is 1. The number of nitrogens with zero attached hydrogens (tertiary/aromatic N) is 1. The van der Waals surface area contributed by atoms with Crippen LogP contribution in [0.15, 0.2) is 23.0 Å². The number of halogens is 1. The number of thiazole rings is 1. The molecule has 0 aliphatic rings. The molecule has 0 saturated carbocycles. The number of hydrogen-bond donors (Lipinski definition) is 1. The van der Waals surface area contributed by atoms with Gasteiger partial charge in [-0.15, -0.1) is 11.3 Å². The Bertz CT molecular complexity index is 983. The summed E-state index contributed by atoms with van der Waals surface area (Å²) in [6.45, 7) is 5.37. The second-order valence-electron chi connectivity index (χ2n) is 6.16. The molecular formula is C16H15ClN2O4S. The van der Waals surface area contributed by atoms with Crippen LogP contribution in [0.1, 0.15) is 26.3 Å². The minimum atomic E-state index is -0.584. The van der Waals surface area contributed by atoms with Gasteiger partial charge in [-0.05, 0) is 17.7 Å². The van der Waals surface area contributed by atoms with Gasteiger partial charge in [0.2, 0.25) is 0 Å². The second kappa shape index (κ2) is 6.70. The Hall–Kier alpha value is -2.25. The molecule has 1 N–H and O–H groups in total. The van der Waals surface area contributed by atoms with E-state index in [1.807, 2.05) is 0 Å². The Morgan fingerprint density at radius 3 is 2.62 bits per heavy atom. The molecule has 0 spiro atoms. The van der Waals surface area contributed by atoms with Gasteiger partial charge in [-0.3, -0.25) is 19.7 Å². The van der Waals surface area contributed by atoms with Crippen LogP contribution in [0, 0.1) is 15.5 Å². The van der Waals surface area contributed by atoms with Gasteiger partial charge < -0.3 is 4.98 Å². The quantitative estimate of drug-likeness (QED) is 0.665. The van der Waals surface area contributed by atoms with Gasteiger partial charge in [0.1, 0.15) is 5.02 Å². The maximum atomic E-state index is 12.0. The van der Waals surface area contributed by atoms with E-state index in [1.54, 1.807) is 26.8 Å². The highest BCUT2D eigenvalue weighted by atomic mass is 35.5. The van der Waals surface area contributed by atoms with Crippen LogP contribution in [0.25, 0.3) is 12.2 Å². The normalized spacial score (nSPS) is 13.3. The molecule has 126 valence electrons. The van der Waals surface area contributed by atoms with Gasteiger partial charge in [0.15, 0.2) is 5.78 Å². The number of nitro groups is 1. The third-order valence-corrected chi connectivity index (χ3v) is 4.43. The van der Waals surface area contributed by atoms with Crippen LogP contribution in [0.2, 0.25) is 5.02 Å². The number of aromatic nitrogens is 1. The molecule has 0 saturated heterocycles. The molecule has 0 aliphatic heterocycles. The van der Waals surface area contributed by atoms with Gasteiger partial charge >= 0.3 is 0 Å². The lowest BCUT2D eigenvalue weighted by molar-refractivity contribution is -0.384. The van der Waals surface area contributed by atoms with Crippen molar-refractivity contribution in [2.45, 2.75) is 20.8 Å². The number of Topliss-reactive ketones (excluding diaryl/α,β-unsaturated/α-hetero) is 1. The number of carbonyl (C=O) groups excluding carboxylic acids is 1. The Labute approximate surface area is 146 Å². The maximum absolute atomic E-state index is 12.0. The summed E-state index contributed by atoms with van der Waals surface area (Å²) in [6.07, 6.45) is 2.92. The van der Waals surface area contributed by atoms with Crippen LogP contribution in [0.4, 0.5) is 5.69 Å². The van der Waals surface area contributed by atoms with Crippen molar-refractivity contribution in [2.24, 2.45) is 5.41 Å². The van der Waals surface area contributed by atoms with Crippen molar-refractivity contribution < 1.29 is 9.72 Å². The van der Waals surface area contributed by atoms with E-state index in [1.165, 1.54) is 24.3 Å². The molecule has 1 aromatic heterocycles. The van der Waals surface area contributed by atoms with Crippen molar-refractivity contribution in [3.8, 4) is 0 Å². The minimum absolute atomic E-state index is 0.0297. The first kappa shape index (κ1) is 18.1. The van der Waals surface area contributed by atoms with Crippen molar-refractivity contribution in [1.82, 2.24) is 4.98 Å². The van der Waals surface area contributed by atoms with E-state index in [2.05, 4.69) is 4.98 Å². The van der Waals surface area contributed by atoms with Crippen LogP contribution in [-0.2, 0) is 4.79 Å². The molecule has 6 nitrogen and oxygen atoms in total. The molecule has 24 heavy (non-hydrogen) atoms. The fourth-order valence-electron chi connectivity index (χ4n) is 1.77. The number of nitrogens with one attached hydrogen (secondary N) is 1. The van der Waals surface area contributed by atoms with Gasteiger partial charge in [0.25, 0.3) is 11.2 Å². The molecule has 0 unspecified atom stereocenters. The third-order valence-electron chi connectivity index (χ3n) is 3.15. The summed E-state index contributed by atoms with van der Waals surface area (Å²) in [6, 6.07) is 4.28. The molecule has 0 aliphatic carbocycles. The molecule has 0 atom stereocenters. The fourth-order valence-corrected chi connectivity index (χ4v) is 2.84. The minimum Gasteiger partial charge on any atom is -0.313 e. The average Bonchev–Trinajstić information content (AvgIpc) is 2.79. The number of rotatable bonds is 3. The van der Waals surface area contributed by atoms with Crippen LogP contribution < -0.4 is 14.8 Å². The zero-order valence-corrected chi connectivity index (χ0v) is 14.8. The summed E-state index contributed by atoms with van der Waals surface area (Å²) in [4.78, 5) is 36.9. The van der Waals surface area contributed by atoms with Crippen molar-refractivity contribution >= 4 is 46.6 Å². The lowest BCUT2D eigenvalue weighted by atomic mass is 9.91. The summed E-state index contributed by atoms with van der Waals surface area (Å²) >= 11 is 6.88. The molecule has 0 radical (unpaired) electrons. The van der Waals surface area contributed by atoms with E-state index < -0.39 is 10.3 Å². The van der Waals surface area contributed by atoms with Gasteiger partial charge in [-0.25, -0.2) is 0 Å². The molecule has 1 heterocycles. The number of hydrogen-bond acceptors (Lipinski definition) is 5. The highest BCUT2D eigenvalue weighted by molar-refractivity contribution is 7.07. The summed E-state index contributed by atoms with van der Waals surface area (Å²) in [5.74, 6) is -0.103. The Balaban J connectivity index is 2.52. The largest absolute Gasteiger partial charge is 0.313 e. The van der Waals surface area contributed by atoms with Crippen molar-refractivity contribution in [3.05, 3.63) is 58.4 Å². The highest BCUT2D eigenvalue weighted by Crippen LogP contribution is 2.25. The van der Waals surface area contributed by atoms with Crippen LogP contribution >= 0.6 is 22.9 Å². The van der Waals surface area contributed by atoms with E-state index in [4.69, 9.17) is 11.6 Å². The Morgan fingerprint density at radius 1 is 1.38 bits per heavy atom. The van der Waals surface area contributed by atoms with E-state index in [-0.39, 0.29) is 22.1 Å². The predicted octanol–water partition coefficient (Wildman–Crippen LogP) is 2.22. The standard InChI is InChI=1S/C16H15ClN2O4S/c1-16(2,3)13(20)8-14-18-15(21)12(24-14)7-9-4-5-10(17)11(6-9)19(22)23/h4-8H,1-3H3,(H,18,21). The smallest absolute Gasteiger partial charge is 0.288 e. The number of H-pyrrole nitrogens is 1. The fraction of sp³-hybridized carbons (Fsp3) is 0.250. The first-order valence-electron chi connectivity index (χ1n) is 6.99. The number of carbonyl (C=O) groups is 1. The summed E-state index contributed by atoms with van der Waals surface area (Å²) in [5, 5.41) is 10.9. The van der Waals surface area contributed by atoms with Gasteiger partial charge in [-0.1, -0.05) is 38.4 Å². The molecular weight excluding hydrogens is 352 g/mol. The first-order valence-corrected chi connectivity index (χ1v) is 8.18. The number of nitro benzene ring substituents is 1. The lowest BCUT2D eigenvalue weighted by Gasteiger charge is -2.12. The molecule has 0 bridgehead atoms. The summed E-state index contributed by atoms with van der Waals surface area (Å²) in [7, 11) is 0. The van der Waals surface area contributed by atoms with E-state index >= 15 is 0 Å². The molecule has 8 heteroatoms. The lowest BCUT2D eigenvalue weighted by Crippen LogP contribution is -2.22. The molecule has 0 amide bonds. The predicted molar refractivity (Wildman–Crippen MR) is 94.8 cm³/mol. The Morgan fingerprint density at radius 2 is 2.04 bits per heavy atom. The second-order valence-corrected chi connectivity index (χ2v) is 7.65. The van der Waals surface area contributed by atoms with Gasteiger partial charge in [-0.2, -0.15) is 0 Å². The van der Waals surface area contributed by atoms with Crippen LogP contribution in [0.3, 0.4) is 0 Å². The highest BCUT2D eigenvalue weighted by Gasteiger charge is 2.18. The van der Waals surface area contributed by atoms with Crippen LogP contribution in [0.5, 0.6) is 0 Å². The third kappa shape index (κ3) is 4.18. The summed E-state index contributed by atoms with van der Waals surface area (Å²) in [5.41, 5.74) is -0.646. The average molecular weight is 367 g/mol. The van der Waals surface area contributed by atoms with Crippen LogP contribution in [-0.4, -0.2) is 15.7 Å². The number of ketones is 1. The van der Waals surface area contributed by atoms with E-state index in [0.29, 0.717) is 14.8 Å². The van der Waals surface area contributed by atoms with Gasteiger partial charge in [0.05, 0.1) is 14.1 Å². The SMILES string of the molecule is CC(C)(C)C(=O)C=c1[nH]c(=O)c(=Cc2ccc(Cl)c([N+](=O)[O-])c2)s1. The molecule has 1 aromatic carbocycles. The van der Waals surface area contributed by atoms with Crippen molar-refractivity contribution in [3.63, 3.8) is 0 Å². The van der Waals surface area contributed by atoms with Gasteiger partial charge in [0, 0.05) is 17.6 Å².